The summed E-state index contributed by atoms with van der Waals surface area (Å²) in [7, 11) is -3.52. The Morgan fingerprint density at radius 3 is 2.81 bits per heavy atom. The lowest BCUT2D eigenvalue weighted by Gasteiger charge is -2.35. The van der Waals surface area contributed by atoms with E-state index in [2.05, 4.69) is 26.2 Å². The van der Waals surface area contributed by atoms with Crippen molar-refractivity contribution in [3.8, 4) is 0 Å². The van der Waals surface area contributed by atoms with Crippen LogP contribution in [0.2, 0.25) is 0 Å². The Morgan fingerprint density at radius 2 is 2.17 bits per heavy atom. The minimum atomic E-state index is -3.52. The zero-order valence-electron chi connectivity index (χ0n) is 19.0. The molecule has 36 heavy (non-hydrogen) atoms. The number of aliphatic carboxylic acids is 1. The van der Waals surface area contributed by atoms with Gasteiger partial charge in [0.1, 0.15) is 17.9 Å². The Morgan fingerprint density at radius 1 is 1.39 bits per heavy atom. The van der Waals surface area contributed by atoms with Crippen molar-refractivity contribution in [2.45, 2.75) is 19.0 Å². The lowest BCUT2D eigenvalue weighted by atomic mass is 9.95. The number of hydrogen-bond donors (Lipinski definition) is 2. The van der Waals surface area contributed by atoms with Crippen LogP contribution in [0.15, 0.2) is 50.5 Å². The van der Waals surface area contributed by atoms with Crippen molar-refractivity contribution in [1.29, 1.82) is 0 Å². The minimum absolute atomic E-state index is 0.0325. The summed E-state index contributed by atoms with van der Waals surface area (Å²) in [5, 5.41) is 15.1. The normalized spacial score (nSPS) is 22.0. The van der Waals surface area contributed by atoms with Gasteiger partial charge in [-0.3, -0.25) is 14.7 Å². The average molecular weight is 601 g/mol. The second-order valence-electron chi connectivity index (χ2n) is 8.06. The highest BCUT2D eigenvalue weighted by Crippen LogP contribution is 2.37. The third-order valence-electron chi connectivity index (χ3n) is 5.70. The SMILES string of the molecule is CCOC(=O)C1=C(CN2CCS(=O)(=O)CC2C(=O)O)NC(c2nccs2)=NC1c1ccc(F)cc1Br. The van der Waals surface area contributed by atoms with Gasteiger partial charge in [-0.25, -0.2) is 22.6 Å². The highest BCUT2D eigenvalue weighted by molar-refractivity contribution is 9.10. The number of carboxylic acid groups (broad SMARTS) is 1. The molecule has 1 aromatic heterocycles. The van der Waals surface area contributed by atoms with Gasteiger partial charge < -0.3 is 15.2 Å². The van der Waals surface area contributed by atoms with E-state index in [-0.39, 0.29) is 31.0 Å². The first-order chi connectivity index (χ1) is 17.1. The zero-order chi connectivity index (χ0) is 26.0. The fourth-order valence-electron chi connectivity index (χ4n) is 4.03. The molecule has 1 saturated heterocycles. The molecule has 1 aromatic carbocycles. The van der Waals surface area contributed by atoms with Gasteiger partial charge in [0, 0.05) is 34.8 Å². The summed E-state index contributed by atoms with van der Waals surface area (Å²) in [6.07, 6.45) is 1.59. The van der Waals surface area contributed by atoms with Crippen molar-refractivity contribution in [3.63, 3.8) is 0 Å². The number of rotatable bonds is 7. The Kier molecular flexibility index (Phi) is 7.87. The molecule has 14 heteroatoms. The number of esters is 1. The van der Waals surface area contributed by atoms with Crippen molar-refractivity contribution in [3.05, 3.63) is 61.9 Å². The number of carbonyl (C=O) groups excluding carboxylic acids is 1. The van der Waals surface area contributed by atoms with E-state index in [0.29, 0.717) is 26.6 Å². The first kappa shape index (κ1) is 26.4. The molecule has 1 fully saturated rings. The van der Waals surface area contributed by atoms with Gasteiger partial charge in [0.05, 0.1) is 23.7 Å². The first-order valence-corrected chi connectivity index (χ1v) is 14.4. The van der Waals surface area contributed by atoms with Crippen LogP contribution in [0.4, 0.5) is 4.39 Å². The summed E-state index contributed by atoms with van der Waals surface area (Å²) in [6, 6.07) is 1.79. The van der Waals surface area contributed by atoms with Gasteiger partial charge in [0.25, 0.3) is 0 Å². The number of ether oxygens (including phenoxy) is 1. The molecule has 0 bridgehead atoms. The average Bonchev–Trinajstić information content (AvgIpc) is 3.35. The summed E-state index contributed by atoms with van der Waals surface area (Å²) in [4.78, 5) is 35.6. The number of carbonyl (C=O) groups is 2. The van der Waals surface area contributed by atoms with E-state index in [1.165, 1.54) is 34.4 Å². The van der Waals surface area contributed by atoms with Gasteiger partial charge in [0.2, 0.25) is 0 Å². The van der Waals surface area contributed by atoms with Crippen LogP contribution in [-0.2, 0) is 24.2 Å². The second-order valence-corrected chi connectivity index (χ2v) is 12.0. The van der Waals surface area contributed by atoms with E-state index in [1.807, 2.05) is 0 Å². The molecule has 0 radical (unpaired) electrons. The molecule has 0 aliphatic carbocycles. The molecule has 2 N–H and O–H groups in total. The van der Waals surface area contributed by atoms with Gasteiger partial charge >= 0.3 is 11.9 Å². The quantitative estimate of drug-likeness (QED) is 0.457. The lowest BCUT2D eigenvalue weighted by molar-refractivity contribution is -0.142. The van der Waals surface area contributed by atoms with Crippen molar-refractivity contribution >= 4 is 54.9 Å². The molecule has 2 atom stereocenters. The molecule has 2 aliphatic heterocycles. The molecule has 2 aromatic rings. The third-order valence-corrected chi connectivity index (χ3v) is 8.80. The summed E-state index contributed by atoms with van der Waals surface area (Å²) >= 11 is 4.66. The molecule has 2 unspecified atom stereocenters. The predicted octanol–water partition coefficient (Wildman–Crippen LogP) is 2.14. The lowest BCUT2D eigenvalue weighted by Crippen LogP contribution is -2.54. The number of amidine groups is 1. The Bertz CT molecular complexity index is 1350. The number of nitrogens with zero attached hydrogens (tertiary/aromatic N) is 3. The number of halogens is 2. The molecule has 10 nitrogen and oxygen atoms in total. The third kappa shape index (κ3) is 5.66. The maximum atomic E-state index is 13.9. The van der Waals surface area contributed by atoms with Crippen molar-refractivity contribution in [2.24, 2.45) is 4.99 Å². The van der Waals surface area contributed by atoms with E-state index in [0.717, 1.165) is 0 Å². The number of aliphatic imine (C=N–C) groups is 1. The summed E-state index contributed by atoms with van der Waals surface area (Å²) in [5.74, 6) is -2.85. The van der Waals surface area contributed by atoms with Gasteiger partial charge in [-0.2, -0.15) is 0 Å². The number of sulfone groups is 1. The summed E-state index contributed by atoms with van der Waals surface area (Å²) < 4.78 is 43.8. The number of aromatic nitrogens is 1. The first-order valence-electron chi connectivity index (χ1n) is 10.9. The van der Waals surface area contributed by atoms with Gasteiger partial charge in [-0.15, -0.1) is 11.3 Å². The molecule has 2 aliphatic rings. The molecule has 0 saturated carbocycles. The topological polar surface area (TPSA) is 138 Å². The van der Waals surface area contributed by atoms with E-state index in [1.54, 1.807) is 18.5 Å². The number of nitrogens with one attached hydrogen (secondary N) is 1. The molecule has 4 rings (SSSR count). The van der Waals surface area contributed by atoms with Crippen molar-refractivity contribution in [1.82, 2.24) is 15.2 Å². The van der Waals surface area contributed by atoms with E-state index < -0.39 is 45.4 Å². The van der Waals surface area contributed by atoms with Crippen LogP contribution in [0.3, 0.4) is 0 Å². The molecular formula is C22H22BrFN4O6S2. The maximum Gasteiger partial charge on any atom is 0.338 e. The fourth-order valence-corrected chi connectivity index (χ4v) is 6.70. The number of benzene rings is 1. The Labute approximate surface area is 218 Å². The fraction of sp³-hybridized carbons (Fsp3) is 0.364. The highest BCUT2D eigenvalue weighted by Gasteiger charge is 2.39. The zero-order valence-corrected chi connectivity index (χ0v) is 22.2. The summed E-state index contributed by atoms with van der Waals surface area (Å²) in [5.41, 5.74) is 0.908. The molecule has 3 heterocycles. The molecule has 192 valence electrons. The van der Waals surface area contributed by atoms with Gasteiger partial charge in [-0.05, 0) is 24.6 Å². The highest BCUT2D eigenvalue weighted by atomic mass is 79.9. The standard InChI is InChI=1S/C22H22BrFN4O6S2/c1-2-34-22(31)17-15(10-28-6-8-36(32,33)11-16(28)21(29)30)26-19(20-25-5-7-35-20)27-18(17)13-4-3-12(24)9-14(13)23/h3-5,7,9,16,18H,2,6,8,10-11H2,1H3,(H,26,27)(H,29,30). The summed E-state index contributed by atoms with van der Waals surface area (Å²) in [6.45, 7) is 1.61. The van der Waals surface area contributed by atoms with Crippen LogP contribution in [0.25, 0.3) is 0 Å². The monoisotopic (exact) mass is 600 g/mol. The molecule has 0 spiro atoms. The largest absolute Gasteiger partial charge is 0.480 e. The van der Waals surface area contributed by atoms with E-state index >= 15 is 0 Å². The van der Waals surface area contributed by atoms with Crippen LogP contribution >= 0.6 is 27.3 Å². The predicted molar refractivity (Wildman–Crippen MR) is 134 cm³/mol. The second kappa shape index (κ2) is 10.7. The smallest absolute Gasteiger partial charge is 0.338 e. The molecular weight excluding hydrogens is 579 g/mol. The maximum absolute atomic E-state index is 13.9. The van der Waals surface area contributed by atoms with Crippen LogP contribution < -0.4 is 5.32 Å². The van der Waals surface area contributed by atoms with Crippen LogP contribution in [0.5, 0.6) is 0 Å². The van der Waals surface area contributed by atoms with Crippen LogP contribution in [-0.4, -0.2) is 78.4 Å². The number of thiazole rings is 1. The minimum Gasteiger partial charge on any atom is -0.480 e. The van der Waals surface area contributed by atoms with E-state index in [9.17, 15) is 27.5 Å². The van der Waals surface area contributed by atoms with Crippen LogP contribution in [0.1, 0.15) is 23.5 Å². The van der Waals surface area contributed by atoms with Crippen molar-refractivity contribution in [2.75, 3.05) is 31.2 Å². The Hall–Kier alpha value is -2.68. The number of carboxylic acids is 1. The van der Waals surface area contributed by atoms with E-state index in [4.69, 9.17) is 9.73 Å². The van der Waals surface area contributed by atoms with Crippen LogP contribution in [0, 0.1) is 5.82 Å². The Balaban J connectivity index is 1.84. The number of hydrogen-bond acceptors (Lipinski definition) is 10. The molecule has 0 amide bonds. The van der Waals surface area contributed by atoms with Gasteiger partial charge in [0.15, 0.2) is 20.7 Å². The van der Waals surface area contributed by atoms with Gasteiger partial charge in [-0.1, -0.05) is 22.0 Å². The van der Waals surface area contributed by atoms with Crippen molar-refractivity contribution < 1.29 is 32.2 Å².